The molecule has 10 heteroatoms. The maximum Gasteiger partial charge on any atom is 0.200 e. The quantitative estimate of drug-likeness (QED) is 0.316. The van der Waals surface area contributed by atoms with Gasteiger partial charge in [0, 0.05) is 53.9 Å². The number of ether oxygens (including phenoxy) is 2. The highest BCUT2D eigenvalue weighted by molar-refractivity contribution is 7.99. The first kappa shape index (κ1) is 22.6. The van der Waals surface area contributed by atoms with Gasteiger partial charge in [-0.3, -0.25) is 14.1 Å². The first-order chi connectivity index (χ1) is 18.2. The fourth-order valence-corrected chi connectivity index (χ4v) is 5.50. The maximum absolute atomic E-state index is 6.48. The molecule has 2 fully saturated rings. The van der Waals surface area contributed by atoms with Crippen molar-refractivity contribution in [2.24, 2.45) is 13.0 Å². The summed E-state index contributed by atoms with van der Waals surface area (Å²) in [5, 5.41) is 15.0. The van der Waals surface area contributed by atoms with Crippen molar-refractivity contribution in [1.29, 1.82) is 0 Å². The molecular formula is C27H27N7O2S. The molecule has 188 valence electrons. The van der Waals surface area contributed by atoms with Gasteiger partial charge < -0.3 is 14.4 Å². The van der Waals surface area contributed by atoms with Gasteiger partial charge in [0.1, 0.15) is 0 Å². The van der Waals surface area contributed by atoms with Crippen LogP contribution in [0.15, 0.2) is 65.2 Å². The van der Waals surface area contributed by atoms with Gasteiger partial charge in [0.15, 0.2) is 16.6 Å². The fraction of sp³-hybridized carbons (Fsp3) is 0.333. The second-order valence-corrected chi connectivity index (χ2v) is 10.7. The highest BCUT2D eigenvalue weighted by Crippen LogP contribution is 2.40. The summed E-state index contributed by atoms with van der Waals surface area (Å²) >= 11 is 1.59. The van der Waals surface area contributed by atoms with E-state index in [0.29, 0.717) is 5.92 Å². The zero-order valence-electron chi connectivity index (χ0n) is 20.6. The minimum atomic E-state index is 0.662. The van der Waals surface area contributed by atoms with E-state index in [-0.39, 0.29) is 0 Å². The van der Waals surface area contributed by atoms with Gasteiger partial charge in [0.2, 0.25) is 0 Å². The Labute approximate surface area is 218 Å². The van der Waals surface area contributed by atoms with Crippen LogP contribution in [-0.2, 0) is 11.8 Å². The Hall–Kier alpha value is -3.63. The van der Waals surface area contributed by atoms with Gasteiger partial charge in [-0.05, 0) is 60.9 Å². The molecule has 1 aromatic carbocycles. The van der Waals surface area contributed by atoms with Gasteiger partial charge in [-0.1, -0.05) is 0 Å². The predicted molar refractivity (Wildman–Crippen MR) is 142 cm³/mol. The molecule has 0 spiro atoms. The van der Waals surface area contributed by atoms with E-state index in [1.807, 2.05) is 42.2 Å². The summed E-state index contributed by atoms with van der Waals surface area (Å²) in [7, 11) is 1.92. The van der Waals surface area contributed by atoms with Crippen LogP contribution in [0, 0.1) is 5.92 Å². The van der Waals surface area contributed by atoms with Crippen molar-refractivity contribution < 1.29 is 9.47 Å². The largest absolute Gasteiger partial charge is 0.490 e. The van der Waals surface area contributed by atoms with Crippen LogP contribution >= 0.6 is 11.8 Å². The second-order valence-electron chi connectivity index (χ2n) is 9.64. The van der Waals surface area contributed by atoms with Crippen LogP contribution in [0.2, 0.25) is 0 Å². The van der Waals surface area contributed by atoms with Crippen molar-refractivity contribution in [2.75, 3.05) is 37.8 Å². The number of pyridine rings is 2. The van der Waals surface area contributed by atoms with Crippen LogP contribution in [0.5, 0.6) is 5.75 Å². The molecule has 0 radical (unpaired) electrons. The molecule has 0 bridgehead atoms. The summed E-state index contributed by atoms with van der Waals surface area (Å²) in [5.74, 6) is 1.58. The first-order valence-electron chi connectivity index (χ1n) is 12.6. The molecule has 0 atom stereocenters. The molecule has 5 heterocycles. The Balaban J connectivity index is 1.25. The lowest BCUT2D eigenvalue weighted by atomic mass is 10.1. The van der Waals surface area contributed by atoms with Gasteiger partial charge in [0.05, 0.1) is 43.4 Å². The fourth-order valence-electron chi connectivity index (χ4n) is 4.65. The molecule has 2 aliphatic rings. The third-order valence-electron chi connectivity index (χ3n) is 6.90. The standard InChI is InChI=1S/C27H27N7O2S/c1-32-15-20(13-29-32)19-4-7-25-30-31-27(34(25)16-19)37-21-5-6-23-22(12-21)26(36-17-18-2-3-18)24(14-28-23)33-8-10-35-11-9-33/h4-7,12-16,18H,2-3,8-11,17H2,1H3. The highest BCUT2D eigenvalue weighted by atomic mass is 32.2. The Kier molecular flexibility index (Phi) is 5.70. The molecule has 7 rings (SSSR count). The average molecular weight is 514 g/mol. The SMILES string of the molecule is Cn1cc(-c2ccc3nnc(Sc4ccc5ncc(N6CCOCC6)c(OCC6CC6)c5c4)n3c2)cn1. The average Bonchev–Trinajstić information content (AvgIpc) is 3.54. The van der Waals surface area contributed by atoms with Gasteiger partial charge in [-0.15, -0.1) is 10.2 Å². The van der Waals surface area contributed by atoms with Gasteiger partial charge in [-0.25, -0.2) is 0 Å². The van der Waals surface area contributed by atoms with E-state index in [0.717, 1.165) is 82.1 Å². The Morgan fingerprint density at radius 1 is 1.03 bits per heavy atom. The summed E-state index contributed by atoms with van der Waals surface area (Å²) in [6.45, 7) is 3.87. The summed E-state index contributed by atoms with van der Waals surface area (Å²) in [5.41, 5.74) is 4.90. The molecule has 1 aliphatic carbocycles. The number of aryl methyl sites for hydroxylation is 1. The van der Waals surface area contributed by atoms with Crippen molar-refractivity contribution in [1.82, 2.24) is 29.4 Å². The van der Waals surface area contributed by atoms with E-state index in [1.54, 1.807) is 16.4 Å². The molecule has 0 unspecified atom stereocenters. The van der Waals surface area contributed by atoms with Crippen LogP contribution in [-0.4, -0.2) is 62.3 Å². The Bertz CT molecular complexity index is 1590. The number of aromatic nitrogens is 6. The highest BCUT2D eigenvalue weighted by Gasteiger charge is 2.25. The van der Waals surface area contributed by atoms with E-state index in [4.69, 9.17) is 14.5 Å². The van der Waals surface area contributed by atoms with E-state index >= 15 is 0 Å². The number of hydrogen-bond donors (Lipinski definition) is 0. The third-order valence-corrected chi connectivity index (χ3v) is 7.85. The third kappa shape index (κ3) is 4.51. The molecular weight excluding hydrogens is 486 g/mol. The minimum absolute atomic E-state index is 0.662. The van der Waals surface area contributed by atoms with Crippen LogP contribution in [0.3, 0.4) is 0 Å². The number of hydrogen-bond acceptors (Lipinski definition) is 8. The molecule has 37 heavy (non-hydrogen) atoms. The summed E-state index contributed by atoms with van der Waals surface area (Å²) < 4.78 is 15.9. The van der Waals surface area contributed by atoms with Gasteiger partial charge in [-0.2, -0.15) is 5.10 Å². The second kappa shape index (κ2) is 9.35. The predicted octanol–water partition coefficient (Wildman–Crippen LogP) is 4.45. The minimum Gasteiger partial charge on any atom is -0.490 e. The molecule has 9 nitrogen and oxygen atoms in total. The number of nitrogens with zero attached hydrogens (tertiary/aromatic N) is 7. The maximum atomic E-state index is 6.48. The van der Waals surface area contributed by atoms with Crippen molar-refractivity contribution in [3.8, 4) is 16.9 Å². The summed E-state index contributed by atoms with van der Waals surface area (Å²) in [6, 6.07) is 10.4. The van der Waals surface area contributed by atoms with Gasteiger partial charge in [0.25, 0.3) is 0 Å². The van der Waals surface area contributed by atoms with E-state index < -0.39 is 0 Å². The summed E-state index contributed by atoms with van der Waals surface area (Å²) in [4.78, 5) is 8.17. The first-order valence-corrected chi connectivity index (χ1v) is 13.4. The monoisotopic (exact) mass is 513 g/mol. The zero-order chi connectivity index (χ0) is 24.8. The molecule has 4 aromatic heterocycles. The molecule has 0 amide bonds. The van der Waals surface area contributed by atoms with Crippen molar-refractivity contribution in [3.05, 3.63) is 55.1 Å². The van der Waals surface area contributed by atoms with Crippen LogP contribution in [0.4, 0.5) is 5.69 Å². The number of rotatable bonds is 7. The lowest BCUT2D eigenvalue weighted by molar-refractivity contribution is 0.122. The molecule has 1 saturated carbocycles. The number of morpholine rings is 1. The van der Waals surface area contributed by atoms with E-state index in [1.165, 1.54) is 12.8 Å². The topological polar surface area (TPSA) is 82.6 Å². The smallest absolute Gasteiger partial charge is 0.200 e. The molecule has 0 N–H and O–H groups in total. The van der Waals surface area contributed by atoms with Crippen LogP contribution in [0.25, 0.3) is 27.7 Å². The lowest BCUT2D eigenvalue weighted by Gasteiger charge is -2.30. The molecule has 1 aliphatic heterocycles. The van der Waals surface area contributed by atoms with Crippen LogP contribution in [0.1, 0.15) is 12.8 Å². The van der Waals surface area contributed by atoms with E-state index in [9.17, 15) is 0 Å². The number of anilines is 1. The molecule has 5 aromatic rings. The number of benzene rings is 1. The van der Waals surface area contributed by atoms with Crippen molar-refractivity contribution in [3.63, 3.8) is 0 Å². The Morgan fingerprint density at radius 2 is 1.92 bits per heavy atom. The number of fused-ring (bicyclic) bond motifs is 2. The normalized spacial score (nSPS) is 16.1. The van der Waals surface area contributed by atoms with Crippen molar-refractivity contribution in [2.45, 2.75) is 22.9 Å². The summed E-state index contributed by atoms with van der Waals surface area (Å²) in [6.07, 6.45) is 10.4. The molecule has 1 saturated heterocycles. The van der Waals surface area contributed by atoms with Crippen molar-refractivity contribution >= 4 is 34.0 Å². The lowest BCUT2D eigenvalue weighted by Crippen LogP contribution is -2.36. The van der Waals surface area contributed by atoms with Gasteiger partial charge >= 0.3 is 0 Å². The van der Waals surface area contributed by atoms with Crippen LogP contribution < -0.4 is 9.64 Å². The van der Waals surface area contributed by atoms with E-state index in [2.05, 4.69) is 44.6 Å². The Morgan fingerprint density at radius 3 is 2.73 bits per heavy atom. The zero-order valence-corrected chi connectivity index (χ0v) is 21.4.